The van der Waals surface area contributed by atoms with Crippen molar-refractivity contribution in [1.29, 1.82) is 0 Å². The van der Waals surface area contributed by atoms with Crippen LogP contribution in [-0.2, 0) is 13.3 Å². The average molecular weight is 553 g/mol. The number of benzene rings is 6. The predicted octanol–water partition coefficient (Wildman–Crippen LogP) is 11.2. The van der Waals surface area contributed by atoms with Gasteiger partial charge in [0.15, 0.2) is 0 Å². The van der Waals surface area contributed by atoms with Crippen LogP contribution >= 0.6 is 0 Å². The van der Waals surface area contributed by atoms with Crippen LogP contribution in [0, 0.1) is 0 Å². The van der Waals surface area contributed by atoms with Crippen molar-refractivity contribution in [1.82, 2.24) is 0 Å². The van der Waals surface area contributed by atoms with Crippen LogP contribution in [0.25, 0.3) is 11.1 Å². The lowest BCUT2D eigenvalue weighted by Gasteiger charge is -2.26. The summed E-state index contributed by atoms with van der Waals surface area (Å²) < 4.78 is 27.0. The summed E-state index contributed by atoms with van der Waals surface area (Å²) in [6.07, 6.45) is 0. The molecule has 6 rings (SSSR count). The van der Waals surface area contributed by atoms with Gasteiger partial charge in [-0.05, 0) is 95.1 Å². The maximum atomic E-state index is 13.5. The van der Waals surface area contributed by atoms with E-state index < -0.39 is 13.3 Å². The molecule has 0 N–H and O–H groups in total. The average Bonchev–Trinajstić information content (AvgIpc) is 3.07. The molecule has 4 heteroatoms. The van der Waals surface area contributed by atoms with Crippen molar-refractivity contribution in [2.45, 2.75) is 13.3 Å². The van der Waals surface area contributed by atoms with Crippen LogP contribution in [0.15, 0.2) is 158 Å². The fourth-order valence-corrected chi connectivity index (χ4v) is 5.21. The number of hydrogen-bond acceptors (Lipinski definition) is 2. The van der Waals surface area contributed by atoms with Crippen LogP contribution in [0.4, 0.5) is 42.9 Å². The van der Waals surface area contributed by atoms with Gasteiger partial charge in [-0.1, -0.05) is 84.9 Å². The zero-order valence-corrected chi connectivity index (χ0v) is 23.1. The molecule has 0 atom stereocenters. The quantitative estimate of drug-likeness (QED) is 0.176. The van der Waals surface area contributed by atoms with Crippen molar-refractivity contribution in [2.75, 3.05) is 9.80 Å². The minimum atomic E-state index is -0.506. The normalized spacial score (nSPS) is 10.8. The molecule has 0 aliphatic rings. The SMILES string of the molecule is FCc1cccc(N(c2ccccc2)c2ccc(-c3ccc(N(c4ccccc4)c4cccc(CF)c4)cc3)cc2)c1. The number of halogens is 2. The summed E-state index contributed by atoms with van der Waals surface area (Å²) >= 11 is 0. The topological polar surface area (TPSA) is 6.48 Å². The number of anilines is 6. The van der Waals surface area contributed by atoms with E-state index in [2.05, 4.69) is 82.6 Å². The summed E-state index contributed by atoms with van der Waals surface area (Å²) in [5.74, 6) is 0. The summed E-state index contributed by atoms with van der Waals surface area (Å²) in [5.41, 5.74) is 9.26. The van der Waals surface area contributed by atoms with Crippen LogP contribution < -0.4 is 9.80 Å². The van der Waals surface area contributed by atoms with Gasteiger partial charge in [-0.25, -0.2) is 8.78 Å². The van der Waals surface area contributed by atoms with Gasteiger partial charge in [-0.15, -0.1) is 0 Å². The Hall–Kier alpha value is -5.22. The van der Waals surface area contributed by atoms with Crippen molar-refractivity contribution in [2.24, 2.45) is 0 Å². The van der Waals surface area contributed by atoms with E-state index in [1.54, 1.807) is 12.1 Å². The highest BCUT2D eigenvalue weighted by molar-refractivity contribution is 5.80. The van der Waals surface area contributed by atoms with E-state index in [9.17, 15) is 8.78 Å². The molecule has 0 amide bonds. The Labute approximate surface area is 245 Å². The van der Waals surface area contributed by atoms with Crippen molar-refractivity contribution >= 4 is 34.1 Å². The van der Waals surface area contributed by atoms with E-state index in [1.165, 1.54) is 0 Å². The van der Waals surface area contributed by atoms with Crippen molar-refractivity contribution in [3.05, 3.63) is 169 Å². The third-order valence-electron chi connectivity index (χ3n) is 7.26. The lowest BCUT2D eigenvalue weighted by Crippen LogP contribution is -2.10. The molecule has 2 nitrogen and oxygen atoms in total. The minimum Gasteiger partial charge on any atom is -0.310 e. The molecule has 42 heavy (non-hydrogen) atoms. The van der Waals surface area contributed by atoms with E-state index in [0.29, 0.717) is 11.1 Å². The van der Waals surface area contributed by atoms with Crippen LogP contribution in [0.5, 0.6) is 0 Å². The van der Waals surface area contributed by atoms with Gasteiger partial charge < -0.3 is 9.80 Å². The molecular formula is C38H30F2N2. The number of para-hydroxylation sites is 2. The second-order valence-electron chi connectivity index (χ2n) is 10.0. The Balaban J connectivity index is 1.32. The van der Waals surface area contributed by atoms with Gasteiger partial charge >= 0.3 is 0 Å². The summed E-state index contributed by atoms with van der Waals surface area (Å²) in [5, 5.41) is 0. The molecule has 0 fully saturated rings. The lowest BCUT2D eigenvalue weighted by atomic mass is 10.0. The Morgan fingerprint density at radius 1 is 0.333 bits per heavy atom. The summed E-state index contributed by atoms with van der Waals surface area (Å²) in [6, 6.07) is 52.2. The fourth-order valence-electron chi connectivity index (χ4n) is 5.21. The van der Waals surface area contributed by atoms with Crippen LogP contribution in [0.3, 0.4) is 0 Å². The summed E-state index contributed by atoms with van der Waals surface area (Å²) in [4.78, 5) is 4.27. The molecule has 206 valence electrons. The first-order valence-corrected chi connectivity index (χ1v) is 13.9. The van der Waals surface area contributed by atoms with E-state index >= 15 is 0 Å². The van der Waals surface area contributed by atoms with Gasteiger partial charge in [0, 0.05) is 34.1 Å². The Kier molecular flexibility index (Phi) is 8.05. The predicted molar refractivity (Wildman–Crippen MR) is 171 cm³/mol. The molecule has 0 heterocycles. The van der Waals surface area contributed by atoms with E-state index in [1.807, 2.05) is 72.8 Å². The largest absolute Gasteiger partial charge is 0.310 e. The van der Waals surface area contributed by atoms with Gasteiger partial charge in [0.2, 0.25) is 0 Å². The molecule has 0 radical (unpaired) electrons. The first kappa shape index (κ1) is 27.0. The van der Waals surface area contributed by atoms with Gasteiger partial charge in [0.05, 0.1) is 0 Å². The molecule has 0 unspecified atom stereocenters. The molecule has 0 saturated carbocycles. The maximum absolute atomic E-state index is 13.5. The second kappa shape index (κ2) is 12.5. The molecule has 6 aromatic carbocycles. The summed E-state index contributed by atoms with van der Waals surface area (Å²) in [7, 11) is 0. The van der Waals surface area contributed by atoms with Gasteiger partial charge in [-0.2, -0.15) is 0 Å². The first-order valence-electron chi connectivity index (χ1n) is 13.9. The standard InChI is InChI=1S/C38H30F2N2/c39-27-29-9-7-15-37(25-29)41(33-11-3-1-4-12-33)35-21-17-31(18-22-35)32-19-23-36(24-20-32)42(34-13-5-2-6-14-34)38-16-8-10-30(26-38)28-40/h1-26H,27-28H2. The third-order valence-corrected chi connectivity index (χ3v) is 7.26. The highest BCUT2D eigenvalue weighted by Gasteiger charge is 2.15. The monoisotopic (exact) mass is 552 g/mol. The van der Waals surface area contributed by atoms with E-state index in [4.69, 9.17) is 0 Å². The number of nitrogens with zero attached hydrogens (tertiary/aromatic N) is 2. The lowest BCUT2D eigenvalue weighted by molar-refractivity contribution is 0.485. The first-order chi connectivity index (χ1) is 20.7. The van der Waals surface area contributed by atoms with Crippen LogP contribution in [0.1, 0.15) is 11.1 Å². The molecule has 0 spiro atoms. The zero-order chi connectivity index (χ0) is 28.7. The molecule has 0 aromatic heterocycles. The van der Waals surface area contributed by atoms with Crippen molar-refractivity contribution < 1.29 is 8.78 Å². The van der Waals surface area contributed by atoms with E-state index in [-0.39, 0.29) is 0 Å². The van der Waals surface area contributed by atoms with Crippen molar-refractivity contribution in [3.63, 3.8) is 0 Å². The Morgan fingerprint density at radius 2 is 0.667 bits per heavy atom. The molecule has 0 aliphatic heterocycles. The molecule has 6 aromatic rings. The third kappa shape index (κ3) is 5.79. The second-order valence-corrected chi connectivity index (χ2v) is 10.0. The number of rotatable bonds is 9. The Bertz CT molecular complexity index is 1600. The highest BCUT2D eigenvalue weighted by atomic mass is 19.1. The molecule has 0 bridgehead atoms. The van der Waals surface area contributed by atoms with Crippen molar-refractivity contribution in [3.8, 4) is 11.1 Å². The van der Waals surface area contributed by atoms with Gasteiger partial charge in [0.1, 0.15) is 13.3 Å². The fraction of sp³-hybridized carbons (Fsp3) is 0.0526. The van der Waals surface area contributed by atoms with Gasteiger partial charge in [-0.3, -0.25) is 0 Å². The summed E-state index contributed by atoms with van der Waals surface area (Å²) in [6.45, 7) is -1.01. The maximum Gasteiger partial charge on any atom is 0.115 e. The Morgan fingerprint density at radius 3 is 1.02 bits per heavy atom. The molecule has 0 aliphatic carbocycles. The smallest absolute Gasteiger partial charge is 0.115 e. The van der Waals surface area contributed by atoms with Crippen LogP contribution in [-0.4, -0.2) is 0 Å². The molecule has 0 saturated heterocycles. The van der Waals surface area contributed by atoms with Crippen LogP contribution in [0.2, 0.25) is 0 Å². The van der Waals surface area contributed by atoms with Gasteiger partial charge in [0.25, 0.3) is 0 Å². The molecular weight excluding hydrogens is 522 g/mol. The minimum absolute atomic E-state index is 0.506. The highest BCUT2D eigenvalue weighted by Crippen LogP contribution is 2.38. The number of alkyl halides is 2. The number of hydrogen-bond donors (Lipinski definition) is 0. The van der Waals surface area contributed by atoms with E-state index in [0.717, 1.165) is 45.3 Å². The zero-order valence-electron chi connectivity index (χ0n) is 23.1.